The summed E-state index contributed by atoms with van der Waals surface area (Å²) in [4.78, 5) is 13.3. The van der Waals surface area contributed by atoms with Crippen molar-refractivity contribution in [2.45, 2.75) is 27.7 Å². The molecule has 0 saturated heterocycles. The van der Waals surface area contributed by atoms with E-state index in [0.717, 1.165) is 71.9 Å². The minimum atomic E-state index is 0. The van der Waals surface area contributed by atoms with E-state index in [1.165, 1.54) is 16.7 Å². The average molecular weight is 774 g/mol. The van der Waals surface area contributed by atoms with Crippen LogP contribution in [0.15, 0.2) is 120 Å². The topological polar surface area (TPSA) is 51.8 Å². The molecule has 0 aliphatic rings. The monoisotopic (exact) mass is 774 g/mol. The van der Waals surface area contributed by atoms with Crippen molar-refractivity contribution in [3.05, 3.63) is 150 Å². The van der Waals surface area contributed by atoms with Crippen LogP contribution in [-0.2, 0) is 20.1 Å². The van der Waals surface area contributed by atoms with Gasteiger partial charge in [0.1, 0.15) is 5.58 Å². The summed E-state index contributed by atoms with van der Waals surface area (Å²) in [5, 5.41) is 4.49. The summed E-state index contributed by atoms with van der Waals surface area (Å²) in [5.74, 6) is 0. The van der Waals surface area contributed by atoms with Gasteiger partial charge in [0.25, 0.3) is 0 Å². The first-order valence-electron chi connectivity index (χ1n) is 15.0. The number of furan rings is 1. The first-order valence-corrected chi connectivity index (χ1v) is 15.0. The zero-order valence-corrected chi connectivity index (χ0v) is 28.4. The maximum Gasteiger partial charge on any atom is 0.128 e. The molecule has 8 aromatic rings. The normalized spacial score (nSPS) is 10.9. The first-order chi connectivity index (χ1) is 22.0. The van der Waals surface area contributed by atoms with Gasteiger partial charge < -0.3 is 14.4 Å². The molecule has 4 aromatic carbocycles. The Bertz CT molecular complexity index is 2300. The van der Waals surface area contributed by atoms with E-state index in [1.807, 2.05) is 55.0 Å². The van der Waals surface area contributed by atoms with Crippen LogP contribution in [0.3, 0.4) is 0 Å². The minimum absolute atomic E-state index is 0. The fraction of sp³-hybridized carbons (Fsp3) is 0.0976. The molecule has 0 aliphatic heterocycles. The number of para-hydroxylation sites is 1. The molecule has 0 N–H and O–H groups in total. The van der Waals surface area contributed by atoms with Crippen LogP contribution in [-0.4, -0.2) is 15.0 Å². The quantitative estimate of drug-likeness (QED) is 0.168. The number of hydrogen-bond donors (Lipinski definition) is 0. The molecule has 46 heavy (non-hydrogen) atoms. The molecule has 4 heterocycles. The van der Waals surface area contributed by atoms with Crippen molar-refractivity contribution in [3.63, 3.8) is 0 Å². The van der Waals surface area contributed by atoms with Gasteiger partial charge in [-0.1, -0.05) is 85.0 Å². The maximum absolute atomic E-state index is 6.56. The summed E-state index contributed by atoms with van der Waals surface area (Å²) in [6.45, 7) is 8.35. The Hall–Kier alpha value is -4.96. The summed E-state index contributed by atoms with van der Waals surface area (Å²) in [6, 6.07) is 37.5. The molecule has 0 saturated carbocycles. The van der Waals surface area contributed by atoms with E-state index >= 15 is 0 Å². The molecule has 4 aromatic heterocycles. The molecule has 5 heteroatoms. The zero-order valence-electron chi connectivity index (χ0n) is 26.1. The molecule has 4 nitrogen and oxygen atoms in total. The fourth-order valence-corrected chi connectivity index (χ4v) is 5.70. The van der Waals surface area contributed by atoms with E-state index < -0.39 is 0 Å². The van der Waals surface area contributed by atoms with E-state index in [-0.39, 0.29) is 20.1 Å². The first kappa shape index (κ1) is 31.0. The second kappa shape index (κ2) is 13.2. The molecule has 0 spiro atoms. The van der Waals surface area contributed by atoms with Crippen LogP contribution in [0, 0.1) is 39.8 Å². The third-order valence-electron chi connectivity index (χ3n) is 8.28. The molecule has 0 aliphatic carbocycles. The van der Waals surface area contributed by atoms with Crippen molar-refractivity contribution in [2.75, 3.05) is 0 Å². The third kappa shape index (κ3) is 5.88. The number of aryl methyl sites for hydroxylation is 4. The Morgan fingerprint density at radius 2 is 1.46 bits per heavy atom. The summed E-state index contributed by atoms with van der Waals surface area (Å²) >= 11 is 0. The van der Waals surface area contributed by atoms with Crippen LogP contribution < -0.4 is 0 Å². The van der Waals surface area contributed by atoms with Gasteiger partial charge >= 0.3 is 0 Å². The fourth-order valence-electron chi connectivity index (χ4n) is 5.70. The van der Waals surface area contributed by atoms with E-state index in [0.29, 0.717) is 0 Å². The van der Waals surface area contributed by atoms with Gasteiger partial charge in [0.05, 0.1) is 5.58 Å². The number of pyridine rings is 3. The number of nitrogens with zero attached hydrogens (tertiary/aromatic N) is 3. The SMILES string of the molecule is Cc1c[c-]c(-c2cc(C)c(C)cn2)cc1.Cc1c[c-]c(-c2ccccn2)c2oc3c(-c4cccc5ccncc45)cccc3c12.[Ir]. The van der Waals surface area contributed by atoms with E-state index in [4.69, 9.17) is 4.42 Å². The van der Waals surface area contributed by atoms with Gasteiger partial charge in [-0.2, -0.15) is 0 Å². The largest absolute Gasteiger partial charge is 0.500 e. The Morgan fingerprint density at radius 3 is 2.24 bits per heavy atom. The molecule has 0 atom stereocenters. The zero-order chi connectivity index (χ0) is 30.9. The van der Waals surface area contributed by atoms with Crippen molar-refractivity contribution >= 4 is 32.7 Å². The van der Waals surface area contributed by atoms with Crippen molar-refractivity contribution < 1.29 is 24.5 Å². The summed E-state index contributed by atoms with van der Waals surface area (Å²) in [6.07, 6.45) is 7.46. The van der Waals surface area contributed by atoms with Crippen molar-refractivity contribution in [1.82, 2.24) is 15.0 Å². The van der Waals surface area contributed by atoms with Crippen LogP contribution in [0.25, 0.3) is 66.4 Å². The molecule has 0 bridgehead atoms. The van der Waals surface area contributed by atoms with Gasteiger partial charge in [-0.3, -0.25) is 4.98 Å². The summed E-state index contributed by atoms with van der Waals surface area (Å²) in [5.41, 5.74) is 12.6. The summed E-state index contributed by atoms with van der Waals surface area (Å²) in [7, 11) is 0. The van der Waals surface area contributed by atoms with Crippen molar-refractivity contribution in [3.8, 4) is 33.6 Å². The van der Waals surface area contributed by atoms with Crippen molar-refractivity contribution in [2.24, 2.45) is 0 Å². The molecule has 227 valence electrons. The predicted molar refractivity (Wildman–Crippen MR) is 184 cm³/mol. The van der Waals surface area contributed by atoms with Crippen LogP contribution in [0.4, 0.5) is 0 Å². The number of aromatic nitrogens is 3. The van der Waals surface area contributed by atoms with E-state index in [2.05, 4.69) is 109 Å². The molecule has 0 amide bonds. The Kier molecular flexibility index (Phi) is 8.89. The Morgan fingerprint density at radius 1 is 0.609 bits per heavy atom. The standard InChI is InChI=1S/C27H17N2O.C14H14N.Ir/c1-17-11-12-21(24-10-2-3-14-29-24)27-25(17)22-9-5-8-20(26(22)30-27)19-7-4-6-18-13-15-28-16-23(18)19;1-10-4-6-13(7-5-10)14-8-11(2)12(3)9-15-14;/h2-11,13-16H,1H3;4-6,8-9H,1-3H3;/q2*-1;. The third-order valence-corrected chi connectivity index (χ3v) is 8.28. The molecule has 0 fully saturated rings. The summed E-state index contributed by atoms with van der Waals surface area (Å²) < 4.78 is 6.56. The number of rotatable bonds is 3. The molecule has 8 rings (SSSR count). The van der Waals surface area contributed by atoms with Crippen LogP contribution in [0.5, 0.6) is 0 Å². The Labute approximate surface area is 282 Å². The second-order valence-corrected chi connectivity index (χ2v) is 11.4. The predicted octanol–water partition coefficient (Wildman–Crippen LogP) is 10.4. The van der Waals surface area contributed by atoms with Crippen molar-refractivity contribution in [1.29, 1.82) is 0 Å². The number of fused-ring (bicyclic) bond motifs is 4. The van der Waals surface area contributed by atoms with Gasteiger partial charge in [0, 0.05) is 61.2 Å². The van der Waals surface area contributed by atoms with Gasteiger partial charge in [0.15, 0.2) is 0 Å². The van der Waals surface area contributed by atoms with E-state index in [9.17, 15) is 0 Å². The van der Waals surface area contributed by atoms with Crippen LogP contribution in [0.2, 0.25) is 0 Å². The molecule has 1 radical (unpaired) electrons. The van der Waals surface area contributed by atoms with E-state index in [1.54, 1.807) is 6.20 Å². The minimum Gasteiger partial charge on any atom is -0.500 e. The van der Waals surface area contributed by atoms with Gasteiger partial charge in [-0.25, -0.2) is 0 Å². The number of hydrogen-bond acceptors (Lipinski definition) is 4. The smallest absolute Gasteiger partial charge is 0.128 e. The number of benzene rings is 4. The maximum atomic E-state index is 6.56. The average Bonchev–Trinajstić information content (AvgIpc) is 3.48. The van der Waals surface area contributed by atoms with Crippen LogP contribution >= 0.6 is 0 Å². The van der Waals surface area contributed by atoms with Crippen LogP contribution in [0.1, 0.15) is 22.3 Å². The van der Waals surface area contributed by atoms with Gasteiger partial charge in [-0.15, -0.1) is 53.1 Å². The Balaban J connectivity index is 0.000000197. The van der Waals surface area contributed by atoms with Gasteiger partial charge in [0.2, 0.25) is 0 Å². The molecule has 0 unspecified atom stereocenters. The second-order valence-electron chi connectivity index (χ2n) is 11.4. The molecular formula is C41H31IrN3O-2. The van der Waals surface area contributed by atoms with Gasteiger partial charge in [-0.05, 0) is 53.9 Å². The molecular weight excluding hydrogens is 743 g/mol.